The molecule has 0 N–H and O–H groups in total. The van der Waals surface area contributed by atoms with E-state index in [9.17, 15) is 4.57 Å². The van der Waals surface area contributed by atoms with Crippen molar-refractivity contribution in [1.82, 2.24) is 0 Å². The molecule has 1 nitrogen and oxygen atoms in total. The van der Waals surface area contributed by atoms with E-state index in [2.05, 4.69) is 27.7 Å². The molecular formula is C8H18OP+. The monoisotopic (exact) mass is 161 g/mol. The fraction of sp³-hybridized carbons (Fsp3) is 1.00. The first-order chi connectivity index (χ1) is 4.45. The van der Waals surface area contributed by atoms with Crippen LogP contribution in [0.15, 0.2) is 0 Å². The molecule has 0 aliphatic carbocycles. The summed E-state index contributed by atoms with van der Waals surface area (Å²) in [6.45, 7) is 8.82. The van der Waals surface area contributed by atoms with E-state index in [1.165, 1.54) is 6.42 Å². The molecule has 0 radical (unpaired) electrons. The van der Waals surface area contributed by atoms with Gasteiger partial charge in [0.25, 0.3) is 0 Å². The fourth-order valence-corrected chi connectivity index (χ4v) is 1.69. The lowest BCUT2D eigenvalue weighted by molar-refractivity contribution is 0.322. The molecule has 60 valence electrons. The molecule has 0 rings (SSSR count). The number of rotatable bonds is 3. The van der Waals surface area contributed by atoms with E-state index in [0.29, 0.717) is 11.3 Å². The van der Waals surface area contributed by atoms with E-state index in [0.717, 1.165) is 6.16 Å². The molecule has 2 unspecified atom stereocenters. The maximum absolute atomic E-state index is 10.3. The van der Waals surface area contributed by atoms with Crippen molar-refractivity contribution in [3.8, 4) is 0 Å². The summed E-state index contributed by atoms with van der Waals surface area (Å²) < 4.78 is 10.3. The van der Waals surface area contributed by atoms with Crippen LogP contribution in [0.5, 0.6) is 0 Å². The van der Waals surface area contributed by atoms with Crippen LogP contribution in [-0.2, 0) is 4.57 Å². The van der Waals surface area contributed by atoms with Gasteiger partial charge in [-0.15, -0.1) is 0 Å². The van der Waals surface area contributed by atoms with Crippen molar-refractivity contribution in [2.75, 3.05) is 6.16 Å². The second-order valence-electron chi connectivity index (χ2n) is 4.22. The Labute approximate surface area is 65.4 Å². The molecule has 0 spiro atoms. The fourth-order valence-electron chi connectivity index (χ4n) is 1.26. The summed E-state index contributed by atoms with van der Waals surface area (Å²) in [5.74, 6) is 0.607. The van der Waals surface area contributed by atoms with E-state index in [1.807, 2.05) is 0 Å². The number of hydrogen-bond acceptors (Lipinski definition) is 1. The van der Waals surface area contributed by atoms with E-state index in [-0.39, 0.29) is 8.46 Å². The maximum atomic E-state index is 10.3. The second-order valence-corrected chi connectivity index (χ2v) is 4.92. The molecule has 2 heteroatoms. The molecule has 0 aromatic rings. The van der Waals surface area contributed by atoms with Gasteiger partial charge in [0.2, 0.25) is 0 Å². The minimum atomic E-state index is -0.126. The lowest BCUT2D eigenvalue weighted by Crippen LogP contribution is -2.11. The predicted octanol–water partition coefficient (Wildman–Crippen LogP) is 3.08. The Morgan fingerprint density at radius 1 is 1.40 bits per heavy atom. The summed E-state index contributed by atoms with van der Waals surface area (Å²) in [6, 6.07) is 0. The Balaban J connectivity index is 3.56. The van der Waals surface area contributed by atoms with Gasteiger partial charge in [0, 0.05) is 5.92 Å². The molecule has 0 heterocycles. The first-order valence-electron chi connectivity index (χ1n) is 3.81. The van der Waals surface area contributed by atoms with Gasteiger partial charge in [0.05, 0.1) is 0 Å². The van der Waals surface area contributed by atoms with Crippen LogP contribution >= 0.6 is 8.46 Å². The van der Waals surface area contributed by atoms with Crippen molar-refractivity contribution in [1.29, 1.82) is 0 Å². The van der Waals surface area contributed by atoms with Gasteiger partial charge in [0.1, 0.15) is 6.16 Å². The molecule has 0 fully saturated rings. The summed E-state index contributed by atoms with van der Waals surface area (Å²) in [7, 11) is -0.126. The Morgan fingerprint density at radius 2 is 1.90 bits per heavy atom. The van der Waals surface area contributed by atoms with Gasteiger partial charge >= 0.3 is 8.46 Å². The normalized spacial score (nSPS) is 15.6. The van der Waals surface area contributed by atoms with E-state index < -0.39 is 0 Å². The van der Waals surface area contributed by atoms with Crippen LogP contribution in [0.4, 0.5) is 0 Å². The van der Waals surface area contributed by atoms with Crippen LogP contribution in [0.1, 0.15) is 34.1 Å². The van der Waals surface area contributed by atoms with Gasteiger partial charge in [-0.3, -0.25) is 0 Å². The highest BCUT2D eigenvalue weighted by Gasteiger charge is 2.16. The average Bonchev–Trinajstić information content (AvgIpc) is 1.59. The minimum absolute atomic E-state index is 0.126. The minimum Gasteiger partial charge on any atom is -0.0775 e. The van der Waals surface area contributed by atoms with Gasteiger partial charge in [0.15, 0.2) is 0 Å². The summed E-state index contributed by atoms with van der Waals surface area (Å²) in [4.78, 5) is 0. The lowest BCUT2D eigenvalue weighted by atomic mass is 9.86. The molecule has 0 aliphatic rings. The van der Waals surface area contributed by atoms with Crippen LogP contribution in [0, 0.1) is 11.3 Å². The van der Waals surface area contributed by atoms with Crippen LogP contribution in [0.2, 0.25) is 0 Å². The van der Waals surface area contributed by atoms with Crippen molar-refractivity contribution >= 4 is 8.46 Å². The van der Waals surface area contributed by atoms with Gasteiger partial charge in [-0.2, -0.15) is 0 Å². The molecule has 2 atom stereocenters. The third-order valence-corrected chi connectivity index (χ3v) is 2.26. The van der Waals surface area contributed by atoms with Gasteiger partial charge in [-0.25, -0.2) is 0 Å². The summed E-state index contributed by atoms with van der Waals surface area (Å²) in [6.07, 6.45) is 2.03. The first kappa shape index (κ1) is 10.1. The smallest absolute Gasteiger partial charge is 0.0775 e. The highest BCUT2D eigenvalue weighted by molar-refractivity contribution is 7.23. The Bertz CT molecular complexity index is 104. The largest absolute Gasteiger partial charge is 0.325 e. The maximum Gasteiger partial charge on any atom is 0.325 e. The van der Waals surface area contributed by atoms with Gasteiger partial charge in [-0.05, 0) is 11.8 Å². The van der Waals surface area contributed by atoms with Crippen LogP contribution < -0.4 is 0 Å². The Morgan fingerprint density at radius 3 is 2.20 bits per heavy atom. The predicted molar refractivity (Wildman–Crippen MR) is 47.1 cm³/mol. The van der Waals surface area contributed by atoms with Gasteiger partial charge < -0.3 is 0 Å². The molecule has 0 amide bonds. The SMILES string of the molecule is CC(C[PH+]=O)CC(C)(C)C. The van der Waals surface area contributed by atoms with E-state index >= 15 is 0 Å². The summed E-state index contributed by atoms with van der Waals surface area (Å²) in [5, 5.41) is 0. The molecule has 0 aliphatic heterocycles. The van der Waals surface area contributed by atoms with Gasteiger partial charge in [-0.1, -0.05) is 32.3 Å². The van der Waals surface area contributed by atoms with E-state index in [4.69, 9.17) is 0 Å². The molecule has 10 heavy (non-hydrogen) atoms. The molecule has 0 saturated heterocycles. The van der Waals surface area contributed by atoms with Crippen molar-refractivity contribution < 1.29 is 4.57 Å². The van der Waals surface area contributed by atoms with Crippen molar-refractivity contribution in [2.45, 2.75) is 34.1 Å². The highest BCUT2D eigenvalue weighted by Crippen LogP contribution is 2.25. The van der Waals surface area contributed by atoms with Crippen molar-refractivity contribution in [2.24, 2.45) is 11.3 Å². The average molecular weight is 161 g/mol. The zero-order valence-electron chi connectivity index (χ0n) is 7.40. The summed E-state index contributed by atoms with van der Waals surface area (Å²) >= 11 is 0. The molecule has 0 aromatic heterocycles. The summed E-state index contributed by atoms with van der Waals surface area (Å²) in [5.41, 5.74) is 0.388. The Hall–Kier alpha value is 0.100. The lowest BCUT2D eigenvalue weighted by Gasteiger charge is -2.20. The second kappa shape index (κ2) is 4.08. The van der Waals surface area contributed by atoms with Crippen molar-refractivity contribution in [3.05, 3.63) is 0 Å². The highest BCUT2D eigenvalue weighted by atomic mass is 31.1. The standard InChI is InChI=1S/C8H17OP/c1-7(6-10-9)5-8(2,3)4/h7H,5-6H2,1-4H3/p+1. The topological polar surface area (TPSA) is 17.1 Å². The first-order valence-corrected chi connectivity index (χ1v) is 4.92. The third-order valence-electron chi connectivity index (χ3n) is 1.39. The van der Waals surface area contributed by atoms with Crippen molar-refractivity contribution in [3.63, 3.8) is 0 Å². The van der Waals surface area contributed by atoms with Crippen LogP contribution in [0.25, 0.3) is 0 Å². The zero-order chi connectivity index (χ0) is 8.20. The molecule has 0 saturated carbocycles. The molecular weight excluding hydrogens is 143 g/mol. The Kier molecular flexibility index (Phi) is 4.12. The third kappa shape index (κ3) is 6.22. The molecule has 0 aromatic carbocycles. The quantitative estimate of drug-likeness (QED) is 0.581. The van der Waals surface area contributed by atoms with E-state index in [1.54, 1.807) is 0 Å². The van der Waals surface area contributed by atoms with Crippen LogP contribution in [-0.4, -0.2) is 6.16 Å². The zero-order valence-corrected chi connectivity index (χ0v) is 8.40. The number of hydrogen-bond donors (Lipinski definition) is 0. The van der Waals surface area contributed by atoms with Crippen LogP contribution in [0.3, 0.4) is 0 Å². The molecule has 0 bridgehead atoms.